The Morgan fingerprint density at radius 3 is 2.68 bits per heavy atom. The Labute approximate surface area is 116 Å². The topological polar surface area (TPSA) is 47.3 Å². The smallest absolute Gasteiger partial charge is 0.0509 e. The van der Waals surface area contributed by atoms with E-state index in [1.54, 1.807) is 0 Å². The maximum absolute atomic E-state index is 5.71. The van der Waals surface area contributed by atoms with Crippen LogP contribution in [0.2, 0.25) is 0 Å². The molecule has 0 aromatic heterocycles. The first-order chi connectivity index (χ1) is 9.16. The molecule has 3 unspecified atom stereocenters. The molecule has 1 aliphatic heterocycles. The van der Waals surface area contributed by atoms with Crippen molar-refractivity contribution in [1.82, 2.24) is 5.32 Å². The predicted octanol–water partition coefficient (Wildman–Crippen LogP) is 2.78. The third-order valence-corrected chi connectivity index (χ3v) is 4.22. The fourth-order valence-corrected chi connectivity index (χ4v) is 2.63. The Bertz CT molecular complexity index is 371. The van der Waals surface area contributed by atoms with E-state index in [-0.39, 0.29) is 0 Å². The summed E-state index contributed by atoms with van der Waals surface area (Å²) in [5.74, 6) is 1.26. The number of hydrogen-bond donors (Lipinski definition) is 2. The number of anilines is 1. The molecular weight excluding hydrogens is 236 g/mol. The second-order valence-electron chi connectivity index (χ2n) is 5.72. The van der Waals surface area contributed by atoms with Crippen molar-refractivity contribution in [2.24, 2.45) is 5.92 Å². The van der Waals surface area contributed by atoms with Crippen molar-refractivity contribution in [3.63, 3.8) is 0 Å². The van der Waals surface area contributed by atoms with Crippen molar-refractivity contribution in [3.8, 4) is 0 Å². The molecule has 19 heavy (non-hydrogen) atoms. The Morgan fingerprint density at radius 1 is 1.32 bits per heavy atom. The van der Waals surface area contributed by atoms with E-state index < -0.39 is 0 Å². The summed E-state index contributed by atoms with van der Waals surface area (Å²) in [7, 11) is 0. The van der Waals surface area contributed by atoms with Gasteiger partial charge in [0.1, 0.15) is 0 Å². The van der Waals surface area contributed by atoms with Gasteiger partial charge in [-0.1, -0.05) is 19.1 Å². The van der Waals surface area contributed by atoms with Crippen molar-refractivity contribution in [3.05, 3.63) is 29.8 Å². The molecule has 1 aromatic rings. The van der Waals surface area contributed by atoms with Gasteiger partial charge in [-0.25, -0.2) is 0 Å². The van der Waals surface area contributed by atoms with Crippen molar-refractivity contribution in [2.45, 2.75) is 38.6 Å². The summed E-state index contributed by atoms with van der Waals surface area (Å²) in [5, 5.41) is 3.63. The van der Waals surface area contributed by atoms with Crippen LogP contribution in [0.4, 0.5) is 5.69 Å². The van der Waals surface area contributed by atoms with E-state index in [2.05, 4.69) is 31.3 Å². The van der Waals surface area contributed by atoms with Crippen molar-refractivity contribution < 1.29 is 4.74 Å². The highest BCUT2D eigenvalue weighted by molar-refractivity contribution is 5.40. The van der Waals surface area contributed by atoms with Gasteiger partial charge in [-0.05, 0) is 55.8 Å². The van der Waals surface area contributed by atoms with Crippen molar-refractivity contribution in [1.29, 1.82) is 0 Å². The molecule has 106 valence electrons. The highest BCUT2D eigenvalue weighted by atomic mass is 16.5. The minimum Gasteiger partial charge on any atom is -0.399 e. The number of hydrogen-bond acceptors (Lipinski definition) is 3. The second-order valence-corrected chi connectivity index (χ2v) is 5.72. The van der Waals surface area contributed by atoms with Crippen LogP contribution in [0.5, 0.6) is 0 Å². The van der Waals surface area contributed by atoms with Gasteiger partial charge >= 0.3 is 0 Å². The summed E-state index contributed by atoms with van der Waals surface area (Å²) in [6.07, 6.45) is 2.35. The highest BCUT2D eigenvalue weighted by Gasteiger charge is 2.21. The van der Waals surface area contributed by atoms with E-state index in [0.29, 0.717) is 17.9 Å². The van der Waals surface area contributed by atoms with E-state index in [1.165, 1.54) is 12.0 Å². The van der Waals surface area contributed by atoms with Gasteiger partial charge in [0.15, 0.2) is 0 Å². The lowest BCUT2D eigenvalue weighted by Crippen LogP contribution is -2.34. The minimum atomic E-state index is 0.557. The van der Waals surface area contributed by atoms with E-state index in [9.17, 15) is 0 Å². The third kappa shape index (κ3) is 4.22. The van der Waals surface area contributed by atoms with Crippen LogP contribution >= 0.6 is 0 Å². The summed E-state index contributed by atoms with van der Waals surface area (Å²) in [6.45, 7) is 7.45. The molecule has 3 N–H and O–H groups in total. The van der Waals surface area contributed by atoms with E-state index >= 15 is 0 Å². The first-order valence-electron chi connectivity index (χ1n) is 7.33. The fraction of sp³-hybridized carbons (Fsp3) is 0.625. The molecular formula is C16H26N2O. The van der Waals surface area contributed by atoms with E-state index in [0.717, 1.165) is 31.9 Å². The van der Waals surface area contributed by atoms with Crippen LogP contribution in [0.25, 0.3) is 0 Å². The first-order valence-corrected chi connectivity index (χ1v) is 7.33. The van der Waals surface area contributed by atoms with E-state index in [1.807, 2.05) is 12.1 Å². The third-order valence-electron chi connectivity index (χ3n) is 4.22. The fourth-order valence-electron chi connectivity index (χ4n) is 2.63. The van der Waals surface area contributed by atoms with Gasteiger partial charge in [0.05, 0.1) is 6.61 Å². The molecule has 1 saturated heterocycles. The summed E-state index contributed by atoms with van der Waals surface area (Å²) in [6, 6.07) is 8.79. The normalized spacial score (nSPS) is 22.3. The predicted molar refractivity (Wildman–Crippen MR) is 80.3 cm³/mol. The molecule has 0 radical (unpaired) electrons. The van der Waals surface area contributed by atoms with Gasteiger partial charge in [0, 0.05) is 18.3 Å². The first kappa shape index (κ1) is 14.4. The maximum Gasteiger partial charge on any atom is 0.0509 e. The molecule has 0 amide bonds. The Kier molecular flexibility index (Phi) is 5.23. The summed E-state index contributed by atoms with van der Waals surface area (Å²) in [5.41, 5.74) is 7.92. The molecule has 1 aliphatic rings. The van der Waals surface area contributed by atoms with Crippen LogP contribution in [-0.2, 0) is 4.74 Å². The number of nitrogens with two attached hydrogens (primary N) is 1. The van der Waals surface area contributed by atoms with Crippen LogP contribution in [0.15, 0.2) is 24.3 Å². The van der Waals surface area contributed by atoms with Crippen LogP contribution in [-0.4, -0.2) is 25.8 Å². The monoisotopic (exact) mass is 262 g/mol. The number of nitrogens with one attached hydrogen (secondary N) is 1. The van der Waals surface area contributed by atoms with Gasteiger partial charge in [-0.3, -0.25) is 0 Å². The lowest BCUT2D eigenvalue weighted by molar-refractivity contribution is 0.178. The number of benzene rings is 1. The molecule has 0 spiro atoms. The van der Waals surface area contributed by atoms with Crippen LogP contribution in [0.3, 0.4) is 0 Å². The summed E-state index contributed by atoms with van der Waals surface area (Å²) < 4.78 is 5.43. The molecule has 0 bridgehead atoms. The Morgan fingerprint density at radius 2 is 2.05 bits per heavy atom. The van der Waals surface area contributed by atoms with Crippen molar-refractivity contribution in [2.75, 3.05) is 25.5 Å². The quantitative estimate of drug-likeness (QED) is 0.775. The van der Waals surface area contributed by atoms with Gasteiger partial charge in [0.25, 0.3) is 0 Å². The van der Waals surface area contributed by atoms with Gasteiger partial charge in [-0.15, -0.1) is 0 Å². The molecule has 2 rings (SSSR count). The SMILES string of the molecule is CC(CCNC(C)C1CCOC1)c1ccc(N)cc1. The van der Waals surface area contributed by atoms with E-state index in [4.69, 9.17) is 10.5 Å². The van der Waals surface area contributed by atoms with Crippen LogP contribution in [0.1, 0.15) is 38.2 Å². The maximum atomic E-state index is 5.71. The van der Waals surface area contributed by atoms with Gasteiger partial charge < -0.3 is 15.8 Å². The molecule has 3 atom stereocenters. The highest BCUT2D eigenvalue weighted by Crippen LogP contribution is 2.20. The lowest BCUT2D eigenvalue weighted by Gasteiger charge is -2.20. The average molecular weight is 262 g/mol. The average Bonchev–Trinajstić information content (AvgIpc) is 2.93. The number of ether oxygens (including phenoxy) is 1. The molecule has 1 aromatic carbocycles. The van der Waals surface area contributed by atoms with Gasteiger partial charge in [-0.2, -0.15) is 0 Å². The lowest BCUT2D eigenvalue weighted by atomic mass is 9.96. The number of rotatable bonds is 6. The number of nitrogen functional groups attached to an aromatic ring is 1. The molecule has 3 heteroatoms. The summed E-state index contributed by atoms with van der Waals surface area (Å²) >= 11 is 0. The zero-order valence-corrected chi connectivity index (χ0v) is 12.1. The Hall–Kier alpha value is -1.06. The zero-order chi connectivity index (χ0) is 13.7. The van der Waals surface area contributed by atoms with Gasteiger partial charge in [0.2, 0.25) is 0 Å². The molecule has 0 aliphatic carbocycles. The second kappa shape index (κ2) is 6.92. The zero-order valence-electron chi connectivity index (χ0n) is 12.1. The standard InChI is InChI=1S/C16H26N2O/c1-12(14-3-5-16(17)6-4-14)7-9-18-13(2)15-8-10-19-11-15/h3-6,12-13,15,18H,7-11,17H2,1-2H3. The molecule has 1 heterocycles. The van der Waals surface area contributed by atoms with Crippen molar-refractivity contribution >= 4 is 5.69 Å². The molecule has 0 saturated carbocycles. The summed E-state index contributed by atoms with van der Waals surface area (Å²) in [4.78, 5) is 0. The van der Waals surface area contributed by atoms with Crippen LogP contribution < -0.4 is 11.1 Å². The largest absolute Gasteiger partial charge is 0.399 e. The van der Waals surface area contributed by atoms with Crippen LogP contribution in [0, 0.1) is 5.92 Å². The molecule has 1 fully saturated rings. The Balaban J connectivity index is 1.71. The molecule has 3 nitrogen and oxygen atoms in total. The minimum absolute atomic E-state index is 0.557.